The average molecular weight is 601 g/mol. The number of rotatable bonds is 11. The number of hydrogen-bond acceptors (Lipinski definition) is 5. The molecule has 2 amide bonds. The predicted molar refractivity (Wildman–Crippen MR) is 175 cm³/mol. The van der Waals surface area contributed by atoms with Crippen LogP contribution in [0.2, 0.25) is 0 Å². The normalized spacial score (nSPS) is 18.2. The van der Waals surface area contributed by atoms with Gasteiger partial charge in [-0.15, -0.1) is 0 Å². The Morgan fingerprint density at radius 2 is 1.77 bits per heavy atom. The SMILES string of the molecule is Cc1ccnc(C)c1C(=O)NCCC(C)N1CCC(N(Cc2ccsc2)C(=O)C(c2ccccc2)C2CCCCC2)CC1. The van der Waals surface area contributed by atoms with Gasteiger partial charge >= 0.3 is 0 Å². The number of carbonyl (C=O) groups is 2. The van der Waals surface area contributed by atoms with Crippen molar-refractivity contribution in [1.29, 1.82) is 0 Å². The molecule has 5 rings (SSSR count). The van der Waals surface area contributed by atoms with Crippen LogP contribution in [0.1, 0.15) is 97.0 Å². The first-order valence-corrected chi connectivity index (χ1v) is 17.2. The van der Waals surface area contributed by atoms with Crippen LogP contribution in [0.3, 0.4) is 0 Å². The molecule has 1 saturated carbocycles. The number of hydrogen-bond donors (Lipinski definition) is 1. The van der Waals surface area contributed by atoms with Gasteiger partial charge in [0.2, 0.25) is 5.91 Å². The van der Waals surface area contributed by atoms with E-state index in [1.807, 2.05) is 19.9 Å². The maximum absolute atomic E-state index is 14.6. The highest BCUT2D eigenvalue weighted by Gasteiger charge is 2.37. The van der Waals surface area contributed by atoms with Crippen LogP contribution in [0.15, 0.2) is 59.4 Å². The first-order valence-electron chi connectivity index (χ1n) is 16.2. The second kappa shape index (κ2) is 15.1. The summed E-state index contributed by atoms with van der Waals surface area (Å²) >= 11 is 1.71. The second-order valence-corrected chi connectivity index (χ2v) is 13.4. The summed E-state index contributed by atoms with van der Waals surface area (Å²) in [5.74, 6) is 0.637. The van der Waals surface area contributed by atoms with Crippen molar-refractivity contribution in [2.24, 2.45) is 5.92 Å². The zero-order chi connectivity index (χ0) is 30.2. The Morgan fingerprint density at radius 1 is 1.02 bits per heavy atom. The number of aromatic nitrogens is 1. The topological polar surface area (TPSA) is 65.5 Å². The smallest absolute Gasteiger partial charge is 0.253 e. The molecular formula is C36H48N4O2S. The molecule has 6 nitrogen and oxygen atoms in total. The molecule has 7 heteroatoms. The molecular weight excluding hydrogens is 552 g/mol. The molecule has 2 aromatic heterocycles. The molecule has 3 heterocycles. The third-order valence-electron chi connectivity index (χ3n) is 9.75. The summed E-state index contributed by atoms with van der Waals surface area (Å²) in [4.78, 5) is 36.5. The van der Waals surface area contributed by atoms with E-state index in [-0.39, 0.29) is 17.9 Å². The summed E-state index contributed by atoms with van der Waals surface area (Å²) in [6.07, 6.45) is 10.6. The molecule has 1 N–H and O–H groups in total. The maximum Gasteiger partial charge on any atom is 0.253 e. The van der Waals surface area contributed by atoms with Gasteiger partial charge in [0, 0.05) is 44.5 Å². The van der Waals surface area contributed by atoms with Crippen molar-refractivity contribution in [3.63, 3.8) is 0 Å². The number of piperidine rings is 1. The third-order valence-corrected chi connectivity index (χ3v) is 10.5. The van der Waals surface area contributed by atoms with E-state index in [0.717, 1.165) is 56.5 Å². The summed E-state index contributed by atoms with van der Waals surface area (Å²) in [6.45, 7) is 9.36. The van der Waals surface area contributed by atoms with Gasteiger partial charge < -0.3 is 15.1 Å². The lowest BCUT2D eigenvalue weighted by Crippen LogP contribution is -2.51. The van der Waals surface area contributed by atoms with Crippen LogP contribution in [0, 0.1) is 19.8 Å². The van der Waals surface area contributed by atoms with E-state index in [4.69, 9.17) is 0 Å². The highest BCUT2D eigenvalue weighted by molar-refractivity contribution is 7.07. The van der Waals surface area contributed by atoms with Crippen LogP contribution < -0.4 is 5.32 Å². The molecule has 0 bridgehead atoms. The van der Waals surface area contributed by atoms with Gasteiger partial charge in [0.05, 0.1) is 17.2 Å². The zero-order valence-electron chi connectivity index (χ0n) is 26.1. The van der Waals surface area contributed by atoms with Gasteiger partial charge in [-0.2, -0.15) is 11.3 Å². The minimum absolute atomic E-state index is 0.0393. The van der Waals surface area contributed by atoms with Crippen LogP contribution in [0.25, 0.3) is 0 Å². The molecule has 1 aliphatic heterocycles. The third kappa shape index (κ3) is 7.93. The molecule has 0 radical (unpaired) electrons. The van der Waals surface area contributed by atoms with Crippen molar-refractivity contribution in [3.8, 4) is 0 Å². The zero-order valence-corrected chi connectivity index (χ0v) is 27.0. The van der Waals surface area contributed by atoms with E-state index >= 15 is 0 Å². The number of aryl methyl sites for hydroxylation is 2. The number of likely N-dealkylation sites (tertiary alicyclic amines) is 1. The van der Waals surface area contributed by atoms with Crippen molar-refractivity contribution < 1.29 is 9.59 Å². The van der Waals surface area contributed by atoms with Gasteiger partial charge in [-0.05, 0) is 98.4 Å². The quantitative estimate of drug-likeness (QED) is 0.254. The molecule has 2 aliphatic rings. The Kier molecular flexibility index (Phi) is 11.0. The van der Waals surface area contributed by atoms with E-state index in [2.05, 4.69) is 74.2 Å². The monoisotopic (exact) mass is 600 g/mol. The van der Waals surface area contributed by atoms with Crippen molar-refractivity contribution in [1.82, 2.24) is 20.1 Å². The standard InChI is InChI=1S/C36H48N4O2S/c1-26-14-19-37-28(3)33(26)35(41)38-20-15-27(2)39-21-16-32(17-22-39)40(24-29-18-23-43-25-29)36(42)34(30-10-6-4-7-11-30)31-12-8-5-9-13-31/h4,6-7,10-11,14,18-19,23,25,27,31-32,34H,5,8-9,12-13,15-17,20-22,24H2,1-3H3,(H,38,41). The Morgan fingerprint density at radius 3 is 2.44 bits per heavy atom. The fourth-order valence-electron chi connectivity index (χ4n) is 7.23. The molecule has 1 aromatic carbocycles. The Labute approximate surface area is 261 Å². The molecule has 1 aliphatic carbocycles. The minimum atomic E-state index is -0.0622. The average Bonchev–Trinajstić information content (AvgIpc) is 3.54. The van der Waals surface area contributed by atoms with Crippen LogP contribution in [0.4, 0.5) is 0 Å². The summed E-state index contributed by atoms with van der Waals surface area (Å²) in [5, 5.41) is 7.43. The summed E-state index contributed by atoms with van der Waals surface area (Å²) in [6, 6.07) is 15.2. The van der Waals surface area contributed by atoms with Crippen molar-refractivity contribution in [3.05, 3.63) is 87.4 Å². The molecule has 2 atom stereocenters. The van der Waals surface area contributed by atoms with Crippen molar-refractivity contribution in [2.45, 2.75) is 96.7 Å². The summed E-state index contributed by atoms with van der Waals surface area (Å²) in [5.41, 5.74) is 4.83. The van der Waals surface area contributed by atoms with Crippen molar-refractivity contribution in [2.75, 3.05) is 19.6 Å². The van der Waals surface area contributed by atoms with Crippen LogP contribution in [-0.4, -0.2) is 58.3 Å². The molecule has 43 heavy (non-hydrogen) atoms. The fraction of sp³-hybridized carbons (Fsp3) is 0.528. The number of pyridine rings is 1. The van der Waals surface area contributed by atoms with E-state index in [1.165, 1.54) is 30.4 Å². The van der Waals surface area contributed by atoms with E-state index in [9.17, 15) is 9.59 Å². The fourth-order valence-corrected chi connectivity index (χ4v) is 7.89. The number of thiophene rings is 1. The van der Waals surface area contributed by atoms with Crippen molar-refractivity contribution >= 4 is 23.2 Å². The Balaban J connectivity index is 1.22. The molecule has 1 saturated heterocycles. The van der Waals surface area contributed by atoms with Gasteiger partial charge in [0.25, 0.3) is 5.91 Å². The summed E-state index contributed by atoms with van der Waals surface area (Å²) < 4.78 is 0. The lowest BCUT2D eigenvalue weighted by molar-refractivity contribution is -0.138. The highest BCUT2D eigenvalue weighted by atomic mass is 32.1. The maximum atomic E-state index is 14.6. The lowest BCUT2D eigenvalue weighted by Gasteiger charge is -2.43. The number of benzene rings is 1. The molecule has 2 fully saturated rings. The van der Waals surface area contributed by atoms with Gasteiger partial charge in [-0.3, -0.25) is 14.6 Å². The lowest BCUT2D eigenvalue weighted by atomic mass is 9.75. The summed E-state index contributed by atoms with van der Waals surface area (Å²) in [7, 11) is 0. The van der Waals surface area contributed by atoms with E-state index < -0.39 is 0 Å². The Hall–Kier alpha value is -3.03. The van der Waals surface area contributed by atoms with Gasteiger partial charge in [0.1, 0.15) is 0 Å². The number of amides is 2. The Bertz CT molecular complexity index is 1290. The molecule has 0 spiro atoms. The predicted octanol–water partition coefficient (Wildman–Crippen LogP) is 7.13. The first kappa shape index (κ1) is 31.4. The number of nitrogens with zero attached hydrogens (tertiary/aromatic N) is 3. The first-order chi connectivity index (χ1) is 20.9. The molecule has 2 unspecified atom stereocenters. The van der Waals surface area contributed by atoms with Crippen LogP contribution in [0.5, 0.6) is 0 Å². The molecule has 3 aromatic rings. The minimum Gasteiger partial charge on any atom is -0.352 e. The van der Waals surface area contributed by atoms with Gasteiger partial charge in [-0.1, -0.05) is 49.6 Å². The van der Waals surface area contributed by atoms with E-state index in [0.29, 0.717) is 36.5 Å². The van der Waals surface area contributed by atoms with Gasteiger partial charge in [-0.25, -0.2) is 0 Å². The van der Waals surface area contributed by atoms with E-state index in [1.54, 1.807) is 17.5 Å². The largest absolute Gasteiger partial charge is 0.352 e. The van der Waals surface area contributed by atoms with Gasteiger partial charge in [0.15, 0.2) is 0 Å². The number of nitrogens with one attached hydrogen (secondary N) is 1. The highest BCUT2D eigenvalue weighted by Crippen LogP contribution is 2.38. The van der Waals surface area contributed by atoms with Crippen LogP contribution >= 0.6 is 11.3 Å². The molecule has 230 valence electrons. The number of carbonyl (C=O) groups excluding carboxylic acids is 2. The van der Waals surface area contributed by atoms with Crippen LogP contribution in [-0.2, 0) is 11.3 Å². The second-order valence-electron chi connectivity index (χ2n) is 12.6.